The lowest BCUT2D eigenvalue weighted by Crippen LogP contribution is -2.08. The number of Topliss-reactive ketones (excluding diaryl/α,β-unsaturated/α-hetero) is 1. The molecule has 1 saturated carbocycles. The Bertz CT molecular complexity index is 1020. The van der Waals surface area contributed by atoms with E-state index in [1.807, 2.05) is 24.3 Å². The van der Waals surface area contributed by atoms with Gasteiger partial charge < -0.3 is 14.8 Å². The monoisotopic (exact) mass is 395 g/mol. The molecule has 0 saturated heterocycles. The van der Waals surface area contributed by atoms with Crippen molar-refractivity contribution in [1.82, 2.24) is 9.97 Å². The molecule has 0 spiro atoms. The number of benzene rings is 2. The van der Waals surface area contributed by atoms with Crippen molar-refractivity contribution in [3.05, 3.63) is 48.0 Å². The Labute approximate surface area is 167 Å². The summed E-state index contributed by atoms with van der Waals surface area (Å²) in [5, 5.41) is 5.05. The summed E-state index contributed by atoms with van der Waals surface area (Å²) in [5.41, 5.74) is 1.39. The zero-order valence-corrected chi connectivity index (χ0v) is 16.6. The van der Waals surface area contributed by atoms with Gasteiger partial charge in [-0.25, -0.2) is 9.97 Å². The lowest BCUT2D eigenvalue weighted by molar-refractivity contribution is 0.101. The summed E-state index contributed by atoms with van der Waals surface area (Å²) in [7, 11) is 3.12. The molecule has 0 bridgehead atoms. The van der Waals surface area contributed by atoms with Gasteiger partial charge in [0.2, 0.25) is 0 Å². The van der Waals surface area contributed by atoms with Crippen LogP contribution in [0.25, 0.3) is 10.9 Å². The van der Waals surface area contributed by atoms with Crippen LogP contribution in [0, 0.1) is 0 Å². The van der Waals surface area contributed by atoms with Crippen LogP contribution in [-0.4, -0.2) is 41.8 Å². The fourth-order valence-corrected chi connectivity index (χ4v) is 3.62. The van der Waals surface area contributed by atoms with Gasteiger partial charge in [-0.3, -0.25) is 4.79 Å². The summed E-state index contributed by atoms with van der Waals surface area (Å²) < 4.78 is 10.5. The van der Waals surface area contributed by atoms with E-state index >= 15 is 0 Å². The van der Waals surface area contributed by atoms with E-state index in [9.17, 15) is 4.79 Å². The first kappa shape index (κ1) is 18.6. The van der Waals surface area contributed by atoms with Gasteiger partial charge in [-0.2, -0.15) is 0 Å². The summed E-state index contributed by atoms with van der Waals surface area (Å²) in [6, 6.07) is 13.6. The van der Waals surface area contributed by atoms with Crippen molar-refractivity contribution in [3.63, 3.8) is 0 Å². The smallest absolute Gasteiger partial charge is 0.190 e. The molecule has 4 rings (SSSR count). The standard InChI is InChI=1S/C21H21N3O3S/c1-26-14-9-10-16(19(11-14)27-2)18(25)12-28-21-23-17-6-4-3-5-15(17)20(24-21)22-13-7-8-13/h3-6,9-11,13H,7-8,12H2,1-2H3,(H,22,23,24). The first-order chi connectivity index (χ1) is 13.7. The van der Waals surface area contributed by atoms with Crippen molar-refractivity contribution in [1.29, 1.82) is 0 Å². The molecule has 28 heavy (non-hydrogen) atoms. The number of carbonyl (C=O) groups is 1. The normalized spacial score (nSPS) is 13.4. The third kappa shape index (κ3) is 4.04. The Kier molecular flexibility index (Phi) is 5.34. The molecule has 0 amide bonds. The third-order valence-corrected chi connectivity index (χ3v) is 5.39. The average Bonchev–Trinajstić information content (AvgIpc) is 3.55. The van der Waals surface area contributed by atoms with Crippen LogP contribution < -0.4 is 14.8 Å². The maximum atomic E-state index is 12.7. The number of aromatic nitrogens is 2. The minimum Gasteiger partial charge on any atom is -0.497 e. The van der Waals surface area contributed by atoms with Crippen LogP contribution in [0.5, 0.6) is 11.5 Å². The third-order valence-electron chi connectivity index (χ3n) is 4.54. The number of methoxy groups -OCH3 is 2. The number of thioether (sulfide) groups is 1. The first-order valence-electron chi connectivity index (χ1n) is 9.09. The highest BCUT2D eigenvalue weighted by Gasteiger charge is 2.23. The average molecular weight is 395 g/mol. The van der Waals surface area contributed by atoms with Crippen molar-refractivity contribution >= 4 is 34.3 Å². The molecule has 1 aliphatic rings. The molecule has 0 unspecified atom stereocenters. The zero-order chi connectivity index (χ0) is 19.5. The van der Waals surface area contributed by atoms with Crippen LogP contribution >= 0.6 is 11.8 Å². The highest BCUT2D eigenvalue weighted by atomic mass is 32.2. The largest absolute Gasteiger partial charge is 0.497 e. The van der Waals surface area contributed by atoms with Crippen LogP contribution in [0.1, 0.15) is 23.2 Å². The van der Waals surface area contributed by atoms with Crippen LogP contribution in [0.2, 0.25) is 0 Å². The second-order valence-electron chi connectivity index (χ2n) is 6.57. The van der Waals surface area contributed by atoms with Gasteiger partial charge >= 0.3 is 0 Å². The molecule has 1 heterocycles. The maximum absolute atomic E-state index is 12.7. The van der Waals surface area contributed by atoms with Gasteiger partial charge in [-0.1, -0.05) is 23.9 Å². The van der Waals surface area contributed by atoms with Crippen molar-refractivity contribution in [2.24, 2.45) is 0 Å². The lowest BCUT2D eigenvalue weighted by atomic mass is 10.1. The Morgan fingerprint density at radius 2 is 1.96 bits per heavy atom. The molecule has 1 aliphatic carbocycles. The molecule has 2 aromatic carbocycles. The van der Waals surface area contributed by atoms with Gasteiger partial charge in [0, 0.05) is 17.5 Å². The Morgan fingerprint density at radius 1 is 1.14 bits per heavy atom. The number of hydrogen-bond acceptors (Lipinski definition) is 7. The van der Waals surface area contributed by atoms with Crippen LogP contribution in [0.15, 0.2) is 47.6 Å². The van der Waals surface area contributed by atoms with Gasteiger partial charge in [-0.05, 0) is 37.1 Å². The van der Waals surface area contributed by atoms with Crippen molar-refractivity contribution in [2.75, 3.05) is 25.3 Å². The highest BCUT2D eigenvalue weighted by molar-refractivity contribution is 7.99. The number of para-hydroxylation sites is 1. The first-order valence-corrected chi connectivity index (χ1v) is 10.1. The number of hydrogen-bond donors (Lipinski definition) is 1. The molecule has 1 N–H and O–H groups in total. The number of anilines is 1. The Hall–Kier alpha value is -2.80. The van der Waals surface area contributed by atoms with Crippen molar-refractivity contribution < 1.29 is 14.3 Å². The van der Waals surface area contributed by atoms with Crippen molar-refractivity contribution in [3.8, 4) is 11.5 Å². The number of nitrogens with zero attached hydrogens (tertiary/aromatic N) is 2. The predicted octanol–water partition coefficient (Wildman–Crippen LogP) is 4.20. The topological polar surface area (TPSA) is 73.3 Å². The molecule has 3 aromatic rings. The highest BCUT2D eigenvalue weighted by Crippen LogP contribution is 2.31. The quantitative estimate of drug-likeness (QED) is 0.348. The minimum atomic E-state index is -0.0436. The van der Waals surface area contributed by atoms with E-state index in [-0.39, 0.29) is 11.5 Å². The molecule has 1 aromatic heterocycles. The zero-order valence-electron chi connectivity index (χ0n) is 15.8. The molecule has 0 aliphatic heterocycles. The van der Waals surface area contributed by atoms with Gasteiger partial charge in [0.1, 0.15) is 17.3 Å². The minimum absolute atomic E-state index is 0.0436. The Morgan fingerprint density at radius 3 is 2.71 bits per heavy atom. The van der Waals surface area contributed by atoms with E-state index in [1.165, 1.54) is 11.8 Å². The predicted molar refractivity (Wildman–Crippen MR) is 111 cm³/mol. The lowest BCUT2D eigenvalue weighted by Gasteiger charge is -2.11. The van der Waals surface area contributed by atoms with Crippen LogP contribution in [0.3, 0.4) is 0 Å². The van der Waals surface area contributed by atoms with E-state index in [4.69, 9.17) is 9.47 Å². The molecule has 7 heteroatoms. The maximum Gasteiger partial charge on any atom is 0.190 e. The number of nitrogens with one attached hydrogen (secondary N) is 1. The fraction of sp³-hybridized carbons (Fsp3) is 0.286. The number of rotatable bonds is 8. The fourth-order valence-electron chi connectivity index (χ4n) is 2.89. The summed E-state index contributed by atoms with van der Waals surface area (Å²) in [6.45, 7) is 0. The second kappa shape index (κ2) is 8.06. The molecule has 0 radical (unpaired) electrons. The molecule has 6 nitrogen and oxygen atoms in total. The molecule has 1 fully saturated rings. The summed E-state index contributed by atoms with van der Waals surface area (Å²) in [6.07, 6.45) is 2.33. The summed E-state index contributed by atoms with van der Waals surface area (Å²) in [4.78, 5) is 22.0. The van der Waals surface area contributed by atoms with E-state index in [0.29, 0.717) is 28.3 Å². The number of fused-ring (bicyclic) bond motifs is 1. The number of carbonyl (C=O) groups excluding carboxylic acids is 1. The second-order valence-corrected chi connectivity index (χ2v) is 7.51. The van der Waals surface area contributed by atoms with E-state index < -0.39 is 0 Å². The SMILES string of the molecule is COc1ccc(C(=O)CSc2nc(NC3CC3)c3ccccc3n2)c(OC)c1. The van der Waals surface area contributed by atoms with Crippen LogP contribution in [-0.2, 0) is 0 Å². The van der Waals surface area contributed by atoms with E-state index in [1.54, 1.807) is 32.4 Å². The molecular formula is C21H21N3O3S. The summed E-state index contributed by atoms with van der Waals surface area (Å²) >= 11 is 1.33. The van der Waals surface area contributed by atoms with Crippen molar-refractivity contribution in [2.45, 2.75) is 24.0 Å². The number of ketones is 1. The van der Waals surface area contributed by atoms with Gasteiger partial charge in [0.05, 0.1) is 31.1 Å². The molecular weight excluding hydrogens is 374 g/mol. The summed E-state index contributed by atoms with van der Waals surface area (Å²) in [5.74, 6) is 2.17. The molecule has 144 valence electrons. The Balaban J connectivity index is 1.54. The van der Waals surface area contributed by atoms with Gasteiger partial charge in [0.15, 0.2) is 10.9 Å². The van der Waals surface area contributed by atoms with Gasteiger partial charge in [-0.15, -0.1) is 0 Å². The number of ether oxygens (including phenoxy) is 2. The molecule has 0 atom stereocenters. The van der Waals surface area contributed by atoms with Gasteiger partial charge in [0.25, 0.3) is 0 Å². The van der Waals surface area contributed by atoms with E-state index in [0.717, 1.165) is 29.6 Å². The van der Waals surface area contributed by atoms with E-state index in [2.05, 4.69) is 15.3 Å². The van der Waals surface area contributed by atoms with Crippen LogP contribution in [0.4, 0.5) is 5.82 Å².